The summed E-state index contributed by atoms with van der Waals surface area (Å²) in [5.41, 5.74) is 4.99. The van der Waals surface area contributed by atoms with Crippen LogP contribution in [-0.2, 0) is 14.3 Å². The molecule has 1 aliphatic rings. The van der Waals surface area contributed by atoms with Gasteiger partial charge >= 0.3 is 0 Å². The predicted molar refractivity (Wildman–Crippen MR) is 58.1 cm³/mol. The van der Waals surface area contributed by atoms with Crippen LogP contribution in [0.5, 0.6) is 0 Å². The van der Waals surface area contributed by atoms with Gasteiger partial charge in [0.2, 0.25) is 0 Å². The van der Waals surface area contributed by atoms with Crippen LogP contribution in [0.4, 0.5) is 0 Å². The summed E-state index contributed by atoms with van der Waals surface area (Å²) in [5, 5.41) is 0. The molecule has 15 heavy (non-hydrogen) atoms. The molecule has 1 saturated heterocycles. The lowest BCUT2D eigenvalue weighted by atomic mass is 9.92. The standard InChI is InChI=1S/C9H14N2O3S/c1-9(2,8(10)15)5-11-6(12)3-14-4-7(11)13/h3-5H2,1-2H3,(H2,10,15). The maximum atomic E-state index is 11.4. The van der Waals surface area contributed by atoms with Crippen LogP contribution in [0.1, 0.15) is 13.8 Å². The number of nitrogens with zero attached hydrogens (tertiary/aromatic N) is 1. The second-order valence-electron chi connectivity index (χ2n) is 4.11. The lowest BCUT2D eigenvalue weighted by molar-refractivity contribution is -0.159. The SMILES string of the molecule is CC(C)(CN1C(=O)COCC1=O)C(N)=S. The second kappa shape index (κ2) is 4.24. The average molecular weight is 230 g/mol. The highest BCUT2D eigenvalue weighted by molar-refractivity contribution is 7.80. The van der Waals surface area contributed by atoms with Crippen LogP contribution in [0.25, 0.3) is 0 Å². The number of thiocarbonyl (C=S) groups is 1. The number of hydrogen-bond acceptors (Lipinski definition) is 4. The van der Waals surface area contributed by atoms with Gasteiger partial charge in [-0.15, -0.1) is 0 Å². The van der Waals surface area contributed by atoms with Crippen molar-refractivity contribution < 1.29 is 14.3 Å². The summed E-state index contributed by atoms with van der Waals surface area (Å²) in [4.78, 5) is 24.2. The van der Waals surface area contributed by atoms with E-state index in [1.54, 1.807) is 13.8 Å². The Morgan fingerprint density at radius 1 is 1.47 bits per heavy atom. The van der Waals surface area contributed by atoms with E-state index in [9.17, 15) is 9.59 Å². The van der Waals surface area contributed by atoms with E-state index in [0.717, 1.165) is 4.90 Å². The summed E-state index contributed by atoms with van der Waals surface area (Å²) < 4.78 is 4.79. The first kappa shape index (κ1) is 12.1. The van der Waals surface area contributed by atoms with Crippen molar-refractivity contribution in [3.05, 3.63) is 0 Å². The molecule has 0 atom stereocenters. The Balaban J connectivity index is 2.75. The Morgan fingerprint density at radius 3 is 2.33 bits per heavy atom. The summed E-state index contributed by atoms with van der Waals surface area (Å²) in [6.45, 7) is 3.69. The van der Waals surface area contributed by atoms with Crippen LogP contribution in [0.2, 0.25) is 0 Å². The molecule has 1 heterocycles. The lowest BCUT2D eigenvalue weighted by Crippen LogP contribution is -2.52. The normalized spacial score (nSPS) is 18.1. The van der Waals surface area contributed by atoms with Crippen molar-refractivity contribution in [2.75, 3.05) is 19.8 Å². The summed E-state index contributed by atoms with van der Waals surface area (Å²) in [6, 6.07) is 0. The topological polar surface area (TPSA) is 72.6 Å². The van der Waals surface area contributed by atoms with E-state index < -0.39 is 5.41 Å². The van der Waals surface area contributed by atoms with Crippen LogP contribution >= 0.6 is 12.2 Å². The zero-order valence-corrected chi connectivity index (χ0v) is 9.60. The van der Waals surface area contributed by atoms with Crippen LogP contribution in [-0.4, -0.2) is 41.5 Å². The van der Waals surface area contributed by atoms with Gasteiger partial charge in [0.15, 0.2) is 0 Å². The van der Waals surface area contributed by atoms with Crippen LogP contribution in [0.3, 0.4) is 0 Å². The molecule has 1 rings (SSSR count). The molecule has 6 heteroatoms. The van der Waals surface area contributed by atoms with Gasteiger partial charge in [0.05, 0.1) is 4.99 Å². The van der Waals surface area contributed by atoms with E-state index in [1.807, 2.05) is 0 Å². The van der Waals surface area contributed by atoms with Crippen molar-refractivity contribution in [3.8, 4) is 0 Å². The summed E-state index contributed by atoms with van der Waals surface area (Å²) in [7, 11) is 0. The number of rotatable bonds is 3. The molecule has 0 bridgehead atoms. The van der Waals surface area contributed by atoms with Gasteiger partial charge in [-0.05, 0) is 0 Å². The number of imide groups is 1. The molecule has 84 valence electrons. The maximum absolute atomic E-state index is 11.4. The van der Waals surface area contributed by atoms with E-state index in [1.165, 1.54) is 0 Å². The molecule has 0 aromatic heterocycles. The molecule has 0 aromatic carbocycles. The molecular formula is C9H14N2O3S. The molecule has 5 nitrogen and oxygen atoms in total. The first-order chi connectivity index (χ1) is 6.84. The van der Waals surface area contributed by atoms with Gasteiger partial charge in [-0.2, -0.15) is 0 Å². The summed E-state index contributed by atoms with van der Waals surface area (Å²) in [5.74, 6) is -0.675. The first-order valence-electron chi connectivity index (χ1n) is 4.55. The van der Waals surface area contributed by atoms with Gasteiger partial charge < -0.3 is 10.5 Å². The predicted octanol–water partition coefficient (Wildman–Crippen LogP) is -0.316. The van der Waals surface area contributed by atoms with Gasteiger partial charge in [0.1, 0.15) is 13.2 Å². The zero-order valence-electron chi connectivity index (χ0n) is 8.78. The minimum absolute atomic E-state index is 0.0564. The molecule has 0 aliphatic carbocycles. The zero-order chi connectivity index (χ0) is 11.6. The number of amides is 2. The quantitative estimate of drug-likeness (QED) is 0.531. The molecule has 0 aromatic rings. The van der Waals surface area contributed by atoms with E-state index in [-0.39, 0.29) is 36.6 Å². The minimum Gasteiger partial charge on any atom is -0.393 e. The van der Waals surface area contributed by atoms with Crippen molar-refractivity contribution in [1.82, 2.24) is 4.90 Å². The highest BCUT2D eigenvalue weighted by Gasteiger charge is 2.33. The van der Waals surface area contributed by atoms with Crippen LogP contribution in [0, 0.1) is 5.41 Å². The van der Waals surface area contributed by atoms with Crippen molar-refractivity contribution in [3.63, 3.8) is 0 Å². The third-order valence-corrected chi connectivity index (χ3v) is 2.83. The van der Waals surface area contributed by atoms with E-state index in [4.69, 9.17) is 22.7 Å². The number of morpholine rings is 1. The summed E-state index contributed by atoms with van der Waals surface area (Å²) >= 11 is 4.87. The van der Waals surface area contributed by atoms with E-state index in [2.05, 4.69) is 0 Å². The highest BCUT2D eigenvalue weighted by Crippen LogP contribution is 2.18. The van der Waals surface area contributed by atoms with Gasteiger partial charge in [0, 0.05) is 12.0 Å². The average Bonchev–Trinajstić information content (AvgIpc) is 2.11. The van der Waals surface area contributed by atoms with Crippen LogP contribution < -0.4 is 5.73 Å². The monoisotopic (exact) mass is 230 g/mol. The van der Waals surface area contributed by atoms with Gasteiger partial charge in [-0.1, -0.05) is 26.1 Å². The number of nitrogens with two attached hydrogens (primary N) is 1. The highest BCUT2D eigenvalue weighted by atomic mass is 32.1. The van der Waals surface area contributed by atoms with Crippen molar-refractivity contribution in [1.29, 1.82) is 0 Å². The third kappa shape index (κ3) is 2.73. The van der Waals surface area contributed by atoms with Gasteiger partial charge in [0.25, 0.3) is 11.8 Å². The van der Waals surface area contributed by atoms with Gasteiger partial charge in [-0.25, -0.2) is 0 Å². The first-order valence-corrected chi connectivity index (χ1v) is 4.96. The molecular weight excluding hydrogens is 216 g/mol. The second-order valence-corrected chi connectivity index (χ2v) is 4.55. The molecule has 2 N–H and O–H groups in total. The largest absolute Gasteiger partial charge is 0.393 e. The summed E-state index contributed by atoms with van der Waals surface area (Å²) in [6.07, 6.45) is 0. The third-order valence-electron chi connectivity index (χ3n) is 2.27. The van der Waals surface area contributed by atoms with E-state index in [0.29, 0.717) is 0 Å². The Morgan fingerprint density at radius 2 is 1.93 bits per heavy atom. The fourth-order valence-corrected chi connectivity index (χ4v) is 1.23. The molecule has 0 saturated carbocycles. The fraction of sp³-hybridized carbons (Fsp3) is 0.667. The Kier molecular flexibility index (Phi) is 3.41. The van der Waals surface area contributed by atoms with Crippen molar-refractivity contribution >= 4 is 29.0 Å². The van der Waals surface area contributed by atoms with Gasteiger partial charge in [-0.3, -0.25) is 14.5 Å². The molecule has 1 fully saturated rings. The molecule has 0 unspecified atom stereocenters. The maximum Gasteiger partial charge on any atom is 0.255 e. The molecule has 2 amide bonds. The number of carbonyl (C=O) groups excluding carboxylic acids is 2. The lowest BCUT2D eigenvalue weighted by Gasteiger charge is -2.32. The van der Waals surface area contributed by atoms with Crippen molar-refractivity contribution in [2.24, 2.45) is 11.1 Å². The Hall–Kier alpha value is -1.01. The number of hydrogen-bond donors (Lipinski definition) is 1. The minimum atomic E-state index is -0.544. The number of carbonyl (C=O) groups is 2. The fourth-order valence-electron chi connectivity index (χ4n) is 1.17. The number of ether oxygens (including phenoxy) is 1. The molecule has 1 aliphatic heterocycles. The smallest absolute Gasteiger partial charge is 0.255 e. The van der Waals surface area contributed by atoms with E-state index >= 15 is 0 Å². The molecule has 0 spiro atoms. The van der Waals surface area contributed by atoms with Crippen LogP contribution in [0.15, 0.2) is 0 Å². The Labute approximate surface area is 93.5 Å². The Bertz CT molecular complexity index is 298. The molecule has 0 radical (unpaired) electrons. The van der Waals surface area contributed by atoms with Crippen molar-refractivity contribution in [2.45, 2.75) is 13.8 Å².